The van der Waals surface area contributed by atoms with Gasteiger partial charge in [-0.05, 0) is 55.3 Å². The van der Waals surface area contributed by atoms with Crippen LogP contribution in [0.2, 0.25) is 0 Å². The molecule has 0 spiro atoms. The smallest absolute Gasteiger partial charge is 0.282 e. The number of unbranched alkanes of at least 4 members (excludes halogenated alkanes) is 1. The number of hydrogen-bond donors (Lipinski definition) is 0. The van der Waals surface area contributed by atoms with E-state index in [2.05, 4.69) is 92.7 Å². The summed E-state index contributed by atoms with van der Waals surface area (Å²) in [6.45, 7) is 4.99. The standard InChI is InChI=1S/C29H26Br2N4O/c1-3-4-9-28-33-26-15-14-22(31)16-24(26)29(36)35(28)32-17-25-19(2)34(27-8-6-5-7-23(25)27)18-20-10-12-21(30)13-11-20/h5-8,10-17H,3-4,9,18H2,1-2H3. The van der Waals surface area contributed by atoms with Gasteiger partial charge in [0.2, 0.25) is 0 Å². The molecule has 5 nitrogen and oxygen atoms in total. The second-order valence-corrected chi connectivity index (χ2v) is 10.7. The van der Waals surface area contributed by atoms with Gasteiger partial charge in [-0.1, -0.05) is 75.5 Å². The van der Waals surface area contributed by atoms with E-state index in [1.54, 1.807) is 0 Å². The molecule has 0 unspecified atom stereocenters. The van der Waals surface area contributed by atoms with Crippen LogP contribution in [0, 0.1) is 6.92 Å². The van der Waals surface area contributed by atoms with Gasteiger partial charge in [-0.3, -0.25) is 4.79 Å². The lowest BCUT2D eigenvalue weighted by molar-refractivity contribution is 0.675. The maximum Gasteiger partial charge on any atom is 0.282 e. The summed E-state index contributed by atoms with van der Waals surface area (Å²) in [6, 6.07) is 22.3. The van der Waals surface area contributed by atoms with Crippen molar-refractivity contribution in [3.63, 3.8) is 0 Å². The van der Waals surface area contributed by atoms with Crippen LogP contribution in [0.3, 0.4) is 0 Å². The minimum absolute atomic E-state index is 0.153. The van der Waals surface area contributed by atoms with E-state index in [4.69, 9.17) is 10.1 Å². The summed E-state index contributed by atoms with van der Waals surface area (Å²) in [5.74, 6) is 0.684. The predicted octanol–water partition coefficient (Wildman–Crippen LogP) is 7.46. The summed E-state index contributed by atoms with van der Waals surface area (Å²) in [7, 11) is 0. The molecule has 0 amide bonds. The van der Waals surface area contributed by atoms with Crippen molar-refractivity contribution >= 4 is 59.9 Å². The molecule has 182 valence electrons. The molecule has 0 saturated heterocycles. The van der Waals surface area contributed by atoms with E-state index >= 15 is 0 Å². The number of halogens is 2. The van der Waals surface area contributed by atoms with Gasteiger partial charge in [0.25, 0.3) is 5.56 Å². The number of nitrogens with zero attached hydrogens (tertiary/aromatic N) is 4. The van der Waals surface area contributed by atoms with Gasteiger partial charge >= 0.3 is 0 Å². The van der Waals surface area contributed by atoms with E-state index in [1.807, 2.05) is 30.5 Å². The maximum atomic E-state index is 13.5. The van der Waals surface area contributed by atoms with Gasteiger partial charge in [-0.2, -0.15) is 9.78 Å². The maximum absolute atomic E-state index is 13.5. The Morgan fingerprint density at radius 1 is 0.972 bits per heavy atom. The molecule has 0 N–H and O–H groups in total. The molecule has 36 heavy (non-hydrogen) atoms. The number of benzene rings is 3. The number of aryl methyl sites for hydroxylation is 1. The van der Waals surface area contributed by atoms with Crippen LogP contribution in [0.15, 0.2) is 85.6 Å². The summed E-state index contributed by atoms with van der Waals surface area (Å²) in [6.07, 6.45) is 4.47. The molecule has 0 saturated carbocycles. The monoisotopic (exact) mass is 604 g/mol. The Bertz CT molecular complexity index is 1650. The zero-order valence-corrected chi connectivity index (χ0v) is 23.4. The lowest BCUT2D eigenvalue weighted by atomic mass is 10.1. The molecule has 0 aliphatic heterocycles. The third-order valence-corrected chi connectivity index (χ3v) is 7.49. The van der Waals surface area contributed by atoms with Crippen molar-refractivity contribution < 1.29 is 0 Å². The fraction of sp³-hybridized carbons (Fsp3) is 0.207. The first kappa shape index (κ1) is 24.7. The van der Waals surface area contributed by atoms with Crippen LogP contribution >= 0.6 is 31.9 Å². The molecule has 0 fully saturated rings. The lowest BCUT2D eigenvalue weighted by Crippen LogP contribution is -2.22. The highest BCUT2D eigenvalue weighted by atomic mass is 79.9. The van der Waals surface area contributed by atoms with Crippen molar-refractivity contribution in [2.75, 3.05) is 0 Å². The minimum atomic E-state index is -0.153. The molecule has 5 rings (SSSR count). The van der Waals surface area contributed by atoms with E-state index in [0.717, 1.165) is 50.5 Å². The minimum Gasteiger partial charge on any atom is -0.340 e. The van der Waals surface area contributed by atoms with Crippen LogP contribution in [0.25, 0.3) is 21.8 Å². The average Bonchev–Trinajstić information content (AvgIpc) is 3.14. The Kier molecular flexibility index (Phi) is 7.21. The zero-order chi connectivity index (χ0) is 25.2. The Morgan fingerprint density at radius 2 is 1.72 bits per heavy atom. The Labute approximate surface area is 226 Å². The van der Waals surface area contributed by atoms with Crippen LogP contribution in [0.1, 0.15) is 42.4 Å². The fourth-order valence-electron chi connectivity index (χ4n) is 4.52. The first-order valence-corrected chi connectivity index (χ1v) is 13.6. The van der Waals surface area contributed by atoms with Gasteiger partial charge in [0.05, 0.1) is 17.1 Å². The molecule has 7 heteroatoms. The third-order valence-electron chi connectivity index (χ3n) is 6.47. The fourth-order valence-corrected chi connectivity index (χ4v) is 5.15. The second-order valence-electron chi connectivity index (χ2n) is 8.88. The van der Waals surface area contributed by atoms with Crippen LogP contribution < -0.4 is 5.56 Å². The van der Waals surface area contributed by atoms with E-state index in [9.17, 15) is 4.79 Å². The number of hydrogen-bond acceptors (Lipinski definition) is 3. The topological polar surface area (TPSA) is 52.2 Å². The Hall–Kier alpha value is -3.03. The highest BCUT2D eigenvalue weighted by Gasteiger charge is 2.15. The Balaban J connectivity index is 1.63. The molecular weight excluding hydrogens is 580 g/mol. The van der Waals surface area contributed by atoms with E-state index in [1.165, 1.54) is 10.2 Å². The van der Waals surface area contributed by atoms with Crippen LogP contribution in [0.4, 0.5) is 0 Å². The molecule has 0 bridgehead atoms. The van der Waals surface area contributed by atoms with Crippen molar-refractivity contribution in [2.45, 2.75) is 39.7 Å². The third kappa shape index (κ3) is 4.82. The van der Waals surface area contributed by atoms with E-state index < -0.39 is 0 Å². The molecule has 0 atom stereocenters. The number of aromatic nitrogens is 3. The molecule has 2 aromatic heterocycles. The van der Waals surface area contributed by atoms with E-state index in [0.29, 0.717) is 23.1 Å². The number of rotatable bonds is 7. The van der Waals surface area contributed by atoms with Gasteiger partial charge in [-0.25, -0.2) is 4.98 Å². The zero-order valence-electron chi connectivity index (χ0n) is 20.2. The van der Waals surface area contributed by atoms with Gasteiger partial charge in [-0.15, -0.1) is 0 Å². The quantitative estimate of drug-likeness (QED) is 0.181. The van der Waals surface area contributed by atoms with Crippen molar-refractivity contribution in [3.05, 3.63) is 109 Å². The molecule has 3 aromatic carbocycles. The summed E-state index contributed by atoms with van der Waals surface area (Å²) in [4.78, 5) is 18.3. The van der Waals surface area contributed by atoms with E-state index in [-0.39, 0.29) is 5.56 Å². The SMILES string of the molecule is CCCCc1nc2ccc(Br)cc2c(=O)n1N=Cc1c(C)n(Cc2ccc(Br)cc2)c2ccccc12. The first-order valence-electron chi connectivity index (χ1n) is 12.0. The first-order chi connectivity index (χ1) is 17.5. The summed E-state index contributed by atoms with van der Waals surface area (Å²) >= 11 is 7.00. The second kappa shape index (κ2) is 10.5. The van der Waals surface area contributed by atoms with Crippen molar-refractivity contribution in [3.8, 4) is 0 Å². The van der Waals surface area contributed by atoms with Gasteiger partial charge in [0.1, 0.15) is 5.82 Å². The van der Waals surface area contributed by atoms with Crippen LogP contribution in [0.5, 0.6) is 0 Å². The molecular formula is C29H26Br2N4O. The molecule has 0 aliphatic rings. The molecule has 0 radical (unpaired) electrons. The highest BCUT2D eigenvalue weighted by molar-refractivity contribution is 9.10. The van der Waals surface area contributed by atoms with Gasteiger partial charge < -0.3 is 4.57 Å². The Morgan fingerprint density at radius 3 is 2.50 bits per heavy atom. The van der Waals surface area contributed by atoms with Crippen LogP contribution in [-0.2, 0) is 13.0 Å². The average molecular weight is 606 g/mol. The van der Waals surface area contributed by atoms with Gasteiger partial charge in [0.15, 0.2) is 0 Å². The molecule has 2 heterocycles. The normalized spacial score (nSPS) is 11.8. The van der Waals surface area contributed by atoms with Crippen molar-refractivity contribution in [1.82, 2.24) is 14.2 Å². The summed E-state index contributed by atoms with van der Waals surface area (Å²) in [5, 5.41) is 6.39. The number of para-hydroxylation sites is 1. The summed E-state index contributed by atoms with van der Waals surface area (Å²) < 4.78 is 5.69. The predicted molar refractivity (Wildman–Crippen MR) is 155 cm³/mol. The highest BCUT2D eigenvalue weighted by Crippen LogP contribution is 2.26. The molecule has 5 aromatic rings. The lowest BCUT2D eigenvalue weighted by Gasteiger charge is -2.10. The summed E-state index contributed by atoms with van der Waals surface area (Å²) in [5.41, 5.74) is 5.00. The van der Waals surface area contributed by atoms with Gasteiger partial charge in [0, 0.05) is 44.1 Å². The van der Waals surface area contributed by atoms with Crippen molar-refractivity contribution in [1.29, 1.82) is 0 Å². The largest absolute Gasteiger partial charge is 0.340 e. The van der Waals surface area contributed by atoms with Crippen LogP contribution in [-0.4, -0.2) is 20.4 Å². The molecule has 0 aliphatic carbocycles. The number of fused-ring (bicyclic) bond motifs is 2. The van der Waals surface area contributed by atoms with Crippen molar-refractivity contribution in [2.24, 2.45) is 5.10 Å².